The van der Waals surface area contributed by atoms with Crippen LogP contribution >= 0.6 is 0 Å². The zero-order valence-corrected chi connectivity index (χ0v) is 12.7. The predicted molar refractivity (Wildman–Crippen MR) is 74.9 cm³/mol. The summed E-state index contributed by atoms with van der Waals surface area (Å²) in [6.45, 7) is 0. The van der Waals surface area contributed by atoms with Gasteiger partial charge in [0, 0.05) is 26.6 Å². The molecule has 1 aliphatic heterocycles. The fourth-order valence-corrected chi connectivity index (χ4v) is 3.86. The Bertz CT molecular complexity index is 594. The molecule has 3 rings (SSSR count). The topological polar surface area (TPSA) is 71.1 Å². The number of esters is 2. The molecule has 1 saturated heterocycles. The number of carbonyl (C=O) groups is 2. The van der Waals surface area contributed by atoms with Crippen molar-refractivity contribution in [2.45, 2.75) is 23.7 Å². The van der Waals surface area contributed by atoms with Gasteiger partial charge in [0.2, 0.25) is 5.79 Å². The number of benzene rings is 1. The molecule has 1 saturated carbocycles. The summed E-state index contributed by atoms with van der Waals surface area (Å²) in [5.41, 5.74) is -0.638. The molecule has 1 aliphatic carbocycles. The molecule has 0 unspecified atom stereocenters. The molecule has 6 heteroatoms. The first kappa shape index (κ1) is 15.0. The summed E-state index contributed by atoms with van der Waals surface area (Å²) in [5.74, 6) is -3.59. The molecule has 6 nitrogen and oxygen atoms in total. The fraction of sp³-hybridized carbons (Fsp3) is 0.500. The maximum absolute atomic E-state index is 12.4. The van der Waals surface area contributed by atoms with E-state index in [1.165, 1.54) is 21.3 Å². The van der Waals surface area contributed by atoms with Gasteiger partial charge in [-0.3, -0.25) is 4.79 Å². The Morgan fingerprint density at radius 3 is 2.36 bits per heavy atom. The van der Waals surface area contributed by atoms with Gasteiger partial charge in [-0.15, -0.1) is 0 Å². The summed E-state index contributed by atoms with van der Waals surface area (Å²) in [6.07, 6.45) is 0.266. The van der Waals surface area contributed by atoms with E-state index in [1.807, 2.05) is 30.3 Å². The highest BCUT2D eigenvalue weighted by molar-refractivity contribution is 5.93. The minimum atomic E-state index is -1.58. The van der Waals surface area contributed by atoms with Gasteiger partial charge in [-0.2, -0.15) is 0 Å². The highest BCUT2D eigenvalue weighted by Crippen LogP contribution is 2.61. The SMILES string of the molecule is COC(=O)[C@]12C[C@H](c3ccccc3)[C@H](C(=O)O1)C2(OC)OC. The molecule has 3 atom stereocenters. The fourth-order valence-electron chi connectivity index (χ4n) is 3.86. The highest BCUT2D eigenvalue weighted by atomic mass is 16.7. The molecular formula is C16H18O6. The minimum Gasteiger partial charge on any atom is -0.466 e. The molecule has 0 spiro atoms. The average molecular weight is 306 g/mol. The van der Waals surface area contributed by atoms with E-state index in [0.29, 0.717) is 0 Å². The lowest BCUT2D eigenvalue weighted by molar-refractivity contribution is -0.270. The number of methoxy groups -OCH3 is 3. The number of carbonyl (C=O) groups excluding carboxylic acids is 2. The summed E-state index contributed by atoms with van der Waals surface area (Å²) < 4.78 is 21.3. The third kappa shape index (κ3) is 1.62. The van der Waals surface area contributed by atoms with Crippen molar-refractivity contribution in [2.75, 3.05) is 21.3 Å². The van der Waals surface area contributed by atoms with Crippen LogP contribution in [0.5, 0.6) is 0 Å². The molecule has 1 heterocycles. The van der Waals surface area contributed by atoms with E-state index < -0.39 is 29.2 Å². The average Bonchev–Trinajstić information content (AvgIpc) is 2.99. The van der Waals surface area contributed by atoms with Crippen LogP contribution in [0.4, 0.5) is 0 Å². The maximum atomic E-state index is 12.4. The van der Waals surface area contributed by atoms with Gasteiger partial charge in [0.05, 0.1) is 7.11 Å². The Hall–Kier alpha value is -1.92. The van der Waals surface area contributed by atoms with Crippen LogP contribution < -0.4 is 0 Å². The van der Waals surface area contributed by atoms with Crippen LogP contribution in [0.25, 0.3) is 0 Å². The van der Waals surface area contributed by atoms with Crippen molar-refractivity contribution >= 4 is 11.9 Å². The van der Waals surface area contributed by atoms with Gasteiger partial charge < -0.3 is 18.9 Å². The Labute approximate surface area is 128 Å². The molecule has 2 bridgehead atoms. The quantitative estimate of drug-likeness (QED) is 0.616. The summed E-state index contributed by atoms with van der Waals surface area (Å²) in [4.78, 5) is 24.8. The number of fused-ring (bicyclic) bond motifs is 2. The van der Waals surface area contributed by atoms with E-state index in [9.17, 15) is 9.59 Å². The van der Waals surface area contributed by atoms with Crippen molar-refractivity contribution in [3.05, 3.63) is 35.9 Å². The molecule has 0 aromatic heterocycles. The lowest BCUT2D eigenvalue weighted by atomic mass is 9.87. The van der Waals surface area contributed by atoms with Gasteiger partial charge in [-0.05, 0) is 5.56 Å². The second-order valence-electron chi connectivity index (χ2n) is 5.51. The lowest BCUT2D eigenvalue weighted by Crippen LogP contribution is -2.57. The second-order valence-corrected chi connectivity index (χ2v) is 5.51. The predicted octanol–water partition coefficient (Wildman–Crippen LogP) is 1.25. The smallest absolute Gasteiger partial charge is 0.356 e. The Morgan fingerprint density at radius 1 is 1.18 bits per heavy atom. The van der Waals surface area contributed by atoms with Crippen LogP contribution in [0.3, 0.4) is 0 Å². The molecule has 0 radical (unpaired) electrons. The van der Waals surface area contributed by atoms with Crippen LogP contribution in [0.2, 0.25) is 0 Å². The van der Waals surface area contributed by atoms with Crippen molar-refractivity contribution in [2.24, 2.45) is 5.92 Å². The largest absolute Gasteiger partial charge is 0.466 e. The van der Waals surface area contributed by atoms with Crippen LogP contribution in [0.15, 0.2) is 30.3 Å². The number of ether oxygens (including phenoxy) is 4. The number of hydrogen-bond acceptors (Lipinski definition) is 6. The molecule has 0 N–H and O–H groups in total. The molecule has 1 aromatic rings. The third-order valence-corrected chi connectivity index (χ3v) is 4.76. The second kappa shape index (κ2) is 5.07. The van der Waals surface area contributed by atoms with Crippen molar-refractivity contribution in [1.29, 1.82) is 0 Å². The van der Waals surface area contributed by atoms with Gasteiger partial charge in [0.1, 0.15) is 5.92 Å². The van der Waals surface area contributed by atoms with Crippen molar-refractivity contribution in [1.82, 2.24) is 0 Å². The Kier molecular flexibility index (Phi) is 3.45. The zero-order chi connectivity index (χ0) is 16.0. The molecule has 0 amide bonds. The maximum Gasteiger partial charge on any atom is 0.356 e. The normalized spacial score (nSPS) is 31.9. The summed E-state index contributed by atoms with van der Waals surface area (Å²) in [6, 6.07) is 9.50. The van der Waals surface area contributed by atoms with E-state index in [2.05, 4.69) is 0 Å². The van der Waals surface area contributed by atoms with Gasteiger partial charge in [0.15, 0.2) is 0 Å². The summed E-state index contributed by atoms with van der Waals surface area (Å²) in [5, 5.41) is 0. The Morgan fingerprint density at radius 2 is 1.82 bits per heavy atom. The van der Waals surface area contributed by atoms with Crippen LogP contribution in [0.1, 0.15) is 17.9 Å². The zero-order valence-electron chi connectivity index (χ0n) is 12.7. The van der Waals surface area contributed by atoms with E-state index in [1.54, 1.807) is 0 Å². The van der Waals surface area contributed by atoms with E-state index in [0.717, 1.165) is 5.56 Å². The monoisotopic (exact) mass is 306 g/mol. The molecule has 2 aliphatic rings. The van der Waals surface area contributed by atoms with Gasteiger partial charge >= 0.3 is 11.9 Å². The van der Waals surface area contributed by atoms with Crippen molar-refractivity contribution in [3.8, 4) is 0 Å². The van der Waals surface area contributed by atoms with Crippen molar-refractivity contribution < 1.29 is 28.5 Å². The first-order chi connectivity index (χ1) is 10.6. The standard InChI is InChI=1S/C16H18O6/c1-19-14(18)15-9-11(10-7-5-4-6-8-10)12(13(17)22-15)16(15,20-2)21-3/h4-8,11-12H,9H2,1-3H3/t11-,12-,15+/m1/s1. The van der Waals surface area contributed by atoms with Crippen LogP contribution in [0, 0.1) is 5.92 Å². The first-order valence-corrected chi connectivity index (χ1v) is 7.03. The van der Waals surface area contributed by atoms with E-state index in [4.69, 9.17) is 18.9 Å². The van der Waals surface area contributed by atoms with Crippen molar-refractivity contribution in [3.63, 3.8) is 0 Å². The molecule has 22 heavy (non-hydrogen) atoms. The first-order valence-electron chi connectivity index (χ1n) is 7.03. The van der Waals surface area contributed by atoms with E-state index >= 15 is 0 Å². The third-order valence-electron chi connectivity index (χ3n) is 4.76. The molecule has 2 fully saturated rings. The van der Waals surface area contributed by atoms with Gasteiger partial charge in [-0.25, -0.2) is 4.79 Å². The summed E-state index contributed by atoms with van der Waals surface area (Å²) >= 11 is 0. The molecule has 1 aromatic carbocycles. The number of rotatable bonds is 4. The molecule has 118 valence electrons. The molecular weight excluding hydrogens is 288 g/mol. The lowest BCUT2D eigenvalue weighted by Gasteiger charge is -2.35. The van der Waals surface area contributed by atoms with Gasteiger partial charge in [0.25, 0.3) is 5.60 Å². The minimum absolute atomic E-state index is 0.235. The van der Waals surface area contributed by atoms with E-state index in [-0.39, 0.29) is 12.3 Å². The van der Waals surface area contributed by atoms with Gasteiger partial charge in [-0.1, -0.05) is 30.3 Å². The van der Waals surface area contributed by atoms with Crippen LogP contribution in [-0.2, 0) is 28.5 Å². The number of hydrogen-bond donors (Lipinski definition) is 0. The Balaban J connectivity index is 2.14. The van der Waals surface area contributed by atoms with Crippen LogP contribution in [-0.4, -0.2) is 44.7 Å². The summed E-state index contributed by atoms with van der Waals surface area (Å²) in [7, 11) is 4.07. The highest BCUT2D eigenvalue weighted by Gasteiger charge is 2.80.